The van der Waals surface area contributed by atoms with Crippen LogP contribution < -0.4 is 16.2 Å². The van der Waals surface area contributed by atoms with Crippen molar-refractivity contribution in [3.05, 3.63) is 21.0 Å². The molecule has 2 rings (SSSR count). The first-order chi connectivity index (χ1) is 10.1. The Morgan fingerprint density at radius 3 is 3.05 bits per heavy atom. The van der Waals surface area contributed by atoms with Crippen LogP contribution in [0.5, 0.6) is 0 Å². The highest BCUT2D eigenvalue weighted by Crippen LogP contribution is 2.17. The van der Waals surface area contributed by atoms with E-state index in [4.69, 9.17) is 0 Å². The first-order valence-corrected chi connectivity index (χ1v) is 8.25. The lowest BCUT2D eigenvalue weighted by atomic mass is 10.1. The molecular weight excluding hydrogens is 334 g/mol. The van der Waals surface area contributed by atoms with Crippen molar-refractivity contribution in [1.29, 1.82) is 0 Å². The molecule has 0 saturated carbocycles. The Bertz CT molecular complexity index is 511. The van der Waals surface area contributed by atoms with Gasteiger partial charge in [-0.25, -0.2) is 4.68 Å². The van der Waals surface area contributed by atoms with Crippen LogP contribution in [-0.4, -0.2) is 54.5 Å². The summed E-state index contributed by atoms with van der Waals surface area (Å²) in [6.07, 6.45) is 5.30. The molecule has 0 radical (unpaired) electrons. The lowest BCUT2D eigenvalue weighted by Gasteiger charge is -2.14. The molecular formula is C14H24BrN5O. The molecule has 1 aliphatic heterocycles. The van der Waals surface area contributed by atoms with Crippen molar-refractivity contribution < 1.29 is 0 Å². The molecule has 1 aromatic rings. The zero-order valence-electron chi connectivity index (χ0n) is 12.7. The topological polar surface area (TPSA) is 62.2 Å². The molecule has 1 aliphatic rings. The van der Waals surface area contributed by atoms with Gasteiger partial charge in [0.1, 0.15) is 4.47 Å². The third-order valence-corrected chi connectivity index (χ3v) is 4.48. The summed E-state index contributed by atoms with van der Waals surface area (Å²) >= 11 is 3.39. The van der Waals surface area contributed by atoms with Gasteiger partial charge in [0.25, 0.3) is 5.56 Å². The van der Waals surface area contributed by atoms with Crippen molar-refractivity contribution in [3.63, 3.8) is 0 Å². The van der Waals surface area contributed by atoms with Crippen LogP contribution in [0.25, 0.3) is 0 Å². The van der Waals surface area contributed by atoms with Gasteiger partial charge >= 0.3 is 0 Å². The number of nitrogens with one attached hydrogen (secondary N) is 2. The van der Waals surface area contributed by atoms with Gasteiger partial charge in [0.2, 0.25) is 0 Å². The average molecular weight is 358 g/mol. The second-order valence-corrected chi connectivity index (χ2v) is 6.51. The van der Waals surface area contributed by atoms with Crippen LogP contribution in [0.2, 0.25) is 0 Å². The van der Waals surface area contributed by atoms with E-state index < -0.39 is 0 Å². The van der Waals surface area contributed by atoms with Crippen LogP contribution >= 0.6 is 15.9 Å². The summed E-state index contributed by atoms with van der Waals surface area (Å²) in [6, 6.07) is 0.602. The molecule has 0 bridgehead atoms. The van der Waals surface area contributed by atoms with Gasteiger partial charge < -0.3 is 15.5 Å². The minimum atomic E-state index is -0.0826. The van der Waals surface area contributed by atoms with Crippen molar-refractivity contribution >= 4 is 21.6 Å². The Morgan fingerprint density at radius 1 is 1.57 bits per heavy atom. The second-order valence-electron chi connectivity index (χ2n) is 5.71. The van der Waals surface area contributed by atoms with Gasteiger partial charge in [-0.1, -0.05) is 0 Å². The fourth-order valence-corrected chi connectivity index (χ4v) is 2.87. The summed E-state index contributed by atoms with van der Waals surface area (Å²) < 4.78 is 2.06. The predicted molar refractivity (Wildman–Crippen MR) is 88.9 cm³/mol. The van der Waals surface area contributed by atoms with Crippen LogP contribution in [0.3, 0.4) is 0 Å². The normalized spacial score (nSPS) is 18.4. The van der Waals surface area contributed by atoms with Gasteiger partial charge in [-0.3, -0.25) is 4.79 Å². The molecule has 0 aromatic carbocycles. The fourth-order valence-electron chi connectivity index (χ4n) is 2.43. The minimum absolute atomic E-state index is 0.0826. The highest BCUT2D eigenvalue weighted by Gasteiger charge is 2.14. The minimum Gasteiger partial charge on any atom is -0.383 e. The zero-order chi connectivity index (χ0) is 15.2. The molecule has 6 nitrogen and oxygen atoms in total. The molecule has 0 amide bonds. The second kappa shape index (κ2) is 7.91. The first-order valence-electron chi connectivity index (χ1n) is 7.45. The Kier molecular flexibility index (Phi) is 6.20. The van der Waals surface area contributed by atoms with Crippen LogP contribution in [0.4, 0.5) is 5.69 Å². The Hall–Kier alpha value is -0.920. The number of nitrogens with zero attached hydrogens (tertiary/aromatic N) is 3. The standard InChI is InChI=1S/C14H24BrN5O/c1-19(2)8-9-20-14(21)13(15)12(10-18-20)17-7-5-11-4-3-6-16-11/h10-11,16-17H,3-9H2,1-2H3. The van der Waals surface area contributed by atoms with E-state index in [0.29, 0.717) is 17.1 Å². The molecule has 2 N–H and O–H groups in total. The maximum absolute atomic E-state index is 12.2. The van der Waals surface area contributed by atoms with Gasteiger partial charge in [0, 0.05) is 19.1 Å². The molecule has 1 fully saturated rings. The van der Waals surface area contributed by atoms with E-state index in [-0.39, 0.29) is 5.56 Å². The molecule has 0 aliphatic carbocycles. The molecule has 7 heteroatoms. The van der Waals surface area contributed by atoms with Crippen molar-refractivity contribution in [3.8, 4) is 0 Å². The highest BCUT2D eigenvalue weighted by molar-refractivity contribution is 9.10. The summed E-state index contributed by atoms with van der Waals surface area (Å²) in [4.78, 5) is 14.2. The number of rotatable bonds is 7. The average Bonchev–Trinajstić information content (AvgIpc) is 2.95. The van der Waals surface area contributed by atoms with Gasteiger partial charge in [0.15, 0.2) is 0 Å². The number of halogens is 1. The molecule has 118 valence electrons. The fraction of sp³-hybridized carbons (Fsp3) is 0.714. The van der Waals surface area contributed by atoms with Crippen molar-refractivity contribution in [2.24, 2.45) is 0 Å². The number of aromatic nitrogens is 2. The van der Waals surface area contributed by atoms with E-state index in [1.54, 1.807) is 6.20 Å². The molecule has 1 aromatic heterocycles. The van der Waals surface area contributed by atoms with Crippen LogP contribution in [0.15, 0.2) is 15.5 Å². The van der Waals surface area contributed by atoms with Crippen LogP contribution in [0.1, 0.15) is 19.3 Å². The van der Waals surface area contributed by atoms with Crippen molar-refractivity contribution in [2.75, 3.05) is 39.0 Å². The van der Waals surface area contributed by atoms with Crippen molar-refractivity contribution in [1.82, 2.24) is 20.0 Å². The number of likely N-dealkylation sites (N-methyl/N-ethyl adjacent to an activating group) is 1. The van der Waals surface area contributed by atoms with E-state index >= 15 is 0 Å². The molecule has 0 spiro atoms. The number of hydrogen-bond acceptors (Lipinski definition) is 5. The maximum atomic E-state index is 12.2. The van der Waals surface area contributed by atoms with E-state index in [0.717, 1.165) is 31.7 Å². The first kappa shape index (κ1) is 16.5. The van der Waals surface area contributed by atoms with Crippen LogP contribution in [-0.2, 0) is 6.54 Å². The quantitative estimate of drug-likeness (QED) is 0.765. The Labute approximate surface area is 134 Å². The largest absolute Gasteiger partial charge is 0.383 e. The maximum Gasteiger partial charge on any atom is 0.283 e. The molecule has 21 heavy (non-hydrogen) atoms. The van der Waals surface area contributed by atoms with E-state index in [2.05, 4.69) is 31.7 Å². The Morgan fingerprint density at radius 2 is 2.38 bits per heavy atom. The highest BCUT2D eigenvalue weighted by atomic mass is 79.9. The smallest absolute Gasteiger partial charge is 0.283 e. The van der Waals surface area contributed by atoms with Gasteiger partial charge in [0.05, 0.1) is 18.4 Å². The molecule has 1 unspecified atom stereocenters. The SMILES string of the molecule is CN(C)CCn1ncc(NCCC2CCCN2)c(Br)c1=O. The van der Waals surface area contributed by atoms with Gasteiger partial charge in [-0.05, 0) is 55.8 Å². The summed E-state index contributed by atoms with van der Waals surface area (Å²) in [5.41, 5.74) is 0.694. The third-order valence-electron chi connectivity index (χ3n) is 3.71. The molecule has 1 atom stereocenters. The van der Waals surface area contributed by atoms with E-state index in [1.165, 1.54) is 17.5 Å². The predicted octanol–water partition coefficient (Wildman–Crippen LogP) is 1.12. The number of anilines is 1. The summed E-state index contributed by atoms with van der Waals surface area (Å²) in [5, 5.41) is 11.0. The monoisotopic (exact) mass is 357 g/mol. The number of hydrogen-bond donors (Lipinski definition) is 2. The van der Waals surface area contributed by atoms with Gasteiger partial charge in [-0.15, -0.1) is 0 Å². The Balaban J connectivity index is 1.91. The molecule has 1 saturated heterocycles. The summed E-state index contributed by atoms with van der Waals surface area (Å²) in [7, 11) is 3.96. The van der Waals surface area contributed by atoms with Crippen molar-refractivity contribution in [2.45, 2.75) is 31.8 Å². The van der Waals surface area contributed by atoms with Gasteiger partial charge in [-0.2, -0.15) is 5.10 Å². The van der Waals surface area contributed by atoms with Crippen LogP contribution in [0, 0.1) is 0 Å². The van der Waals surface area contributed by atoms with E-state index in [9.17, 15) is 4.79 Å². The third kappa shape index (κ3) is 4.79. The lowest BCUT2D eigenvalue weighted by Crippen LogP contribution is -2.30. The summed E-state index contributed by atoms with van der Waals surface area (Å²) in [5.74, 6) is 0. The summed E-state index contributed by atoms with van der Waals surface area (Å²) in [6.45, 7) is 3.35. The van der Waals surface area contributed by atoms with E-state index in [1.807, 2.05) is 19.0 Å². The zero-order valence-corrected chi connectivity index (χ0v) is 14.3. The lowest BCUT2D eigenvalue weighted by molar-refractivity contribution is 0.367. The molecule has 2 heterocycles.